The fraction of sp³-hybridized carbons (Fsp3) is 0.550. The van der Waals surface area contributed by atoms with Gasteiger partial charge in [-0.25, -0.2) is 0 Å². The van der Waals surface area contributed by atoms with Gasteiger partial charge in [-0.1, -0.05) is 19.1 Å². The third kappa shape index (κ3) is 6.46. The lowest BCUT2D eigenvalue weighted by atomic mass is 10.1. The van der Waals surface area contributed by atoms with Crippen LogP contribution in [-0.2, 0) is 6.42 Å². The van der Waals surface area contributed by atoms with Crippen molar-refractivity contribution in [3.05, 3.63) is 35.5 Å². The Morgan fingerprint density at radius 1 is 1.23 bits per heavy atom. The molecule has 1 aromatic heterocycles. The van der Waals surface area contributed by atoms with Gasteiger partial charge in [0.05, 0.1) is 0 Å². The number of guanidine groups is 1. The summed E-state index contributed by atoms with van der Waals surface area (Å²) < 4.78 is 0. The van der Waals surface area contributed by atoms with Crippen molar-refractivity contribution < 1.29 is 0 Å². The average Bonchev–Trinajstić information content (AvgIpc) is 2.98. The molecule has 0 aliphatic rings. The Labute approximate surface area is 175 Å². The maximum Gasteiger partial charge on any atom is 0.191 e. The van der Waals surface area contributed by atoms with Gasteiger partial charge in [0, 0.05) is 49.8 Å². The number of nitrogens with zero attached hydrogens (tertiary/aromatic N) is 2. The number of aromatic amines is 1. The van der Waals surface area contributed by atoms with Crippen molar-refractivity contribution in [1.29, 1.82) is 0 Å². The number of fused-ring (bicyclic) bond motifs is 1. The van der Waals surface area contributed by atoms with E-state index in [-0.39, 0.29) is 24.0 Å². The number of halogens is 1. The molecule has 0 bridgehead atoms. The summed E-state index contributed by atoms with van der Waals surface area (Å²) in [5.41, 5.74) is 3.84. The van der Waals surface area contributed by atoms with Gasteiger partial charge in [-0.15, -0.1) is 24.0 Å². The van der Waals surface area contributed by atoms with E-state index in [0.29, 0.717) is 6.04 Å². The van der Waals surface area contributed by atoms with Crippen LogP contribution in [0.4, 0.5) is 0 Å². The SMILES string of the molecule is CCN(CCNC(=NC)NCCc1c[nH]c2cc(C)ccc12)C(C)C.I. The van der Waals surface area contributed by atoms with Crippen LogP contribution >= 0.6 is 24.0 Å². The lowest BCUT2D eigenvalue weighted by Crippen LogP contribution is -2.43. The maximum absolute atomic E-state index is 4.32. The predicted molar refractivity (Wildman–Crippen MR) is 124 cm³/mol. The van der Waals surface area contributed by atoms with E-state index >= 15 is 0 Å². The second-order valence-electron chi connectivity index (χ2n) is 6.76. The van der Waals surface area contributed by atoms with E-state index in [1.165, 1.54) is 22.0 Å². The third-order valence-electron chi connectivity index (χ3n) is 4.66. The van der Waals surface area contributed by atoms with Crippen molar-refractivity contribution in [1.82, 2.24) is 20.5 Å². The molecule has 0 atom stereocenters. The molecule has 0 radical (unpaired) electrons. The highest BCUT2D eigenvalue weighted by Crippen LogP contribution is 2.19. The number of H-pyrrole nitrogens is 1. The highest BCUT2D eigenvalue weighted by atomic mass is 127. The van der Waals surface area contributed by atoms with Crippen LogP contribution in [-0.4, -0.2) is 55.1 Å². The molecule has 0 aliphatic heterocycles. The molecule has 3 N–H and O–H groups in total. The Hall–Kier alpha value is -1.28. The van der Waals surface area contributed by atoms with Gasteiger partial charge in [-0.05, 0) is 50.9 Å². The first-order valence-corrected chi connectivity index (χ1v) is 9.30. The van der Waals surface area contributed by atoms with E-state index in [1.54, 1.807) is 0 Å². The lowest BCUT2D eigenvalue weighted by molar-refractivity contribution is 0.237. The second kappa shape index (κ2) is 11.4. The summed E-state index contributed by atoms with van der Waals surface area (Å²) in [6.45, 7) is 12.7. The minimum Gasteiger partial charge on any atom is -0.361 e. The number of aliphatic imine (C=N–C) groups is 1. The highest BCUT2D eigenvalue weighted by Gasteiger charge is 2.07. The number of aromatic nitrogens is 1. The first-order chi connectivity index (χ1) is 12.0. The zero-order valence-electron chi connectivity index (χ0n) is 16.7. The zero-order chi connectivity index (χ0) is 18.2. The molecule has 0 amide bonds. The molecule has 6 heteroatoms. The largest absolute Gasteiger partial charge is 0.361 e. The number of hydrogen-bond acceptors (Lipinski definition) is 2. The van der Waals surface area contributed by atoms with E-state index in [0.717, 1.165) is 38.6 Å². The molecule has 0 saturated carbocycles. The number of nitrogens with one attached hydrogen (secondary N) is 3. The van der Waals surface area contributed by atoms with Crippen molar-refractivity contribution in [2.24, 2.45) is 4.99 Å². The molecule has 26 heavy (non-hydrogen) atoms. The number of benzene rings is 1. The standard InChI is InChI=1S/C20H33N5.HI/c1-6-25(15(2)3)12-11-23-20(21-5)22-10-9-17-14-24-19-13-16(4)7-8-18(17)19;/h7-8,13-15,24H,6,9-12H2,1-5H3,(H2,21,22,23);1H. The van der Waals surface area contributed by atoms with E-state index in [2.05, 4.69) is 77.6 Å². The molecule has 2 rings (SSSR count). The van der Waals surface area contributed by atoms with Gasteiger partial charge >= 0.3 is 0 Å². The lowest BCUT2D eigenvalue weighted by Gasteiger charge is -2.25. The predicted octanol–water partition coefficient (Wildman–Crippen LogP) is 3.53. The molecule has 2 aromatic rings. The summed E-state index contributed by atoms with van der Waals surface area (Å²) in [5, 5.41) is 8.13. The van der Waals surface area contributed by atoms with E-state index in [1.807, 2.05) is 7.05 Å². The van der Waals surface area contributed by atoms with Crippen LogP contribution < -0.4 is 10.6 Å². The molecule has 0 fully saturated rings. The van der Waals surface area contributed by atoms with Crippen LogP contribution in [0.1, 0.15) is 31.9 Å². The van der Waals surface area contributed by atoms with Gasteiger partial charge in [0.1, 0.15) is 0 Å². The summed E-state index contributed by atoms with van der Waals surface area (Å²) in [6, 6.07) is 7.14. The van der Waals surface area contributed by atoms with Crippen LogP contribution in [0.2, 0.25) is 0 Å². The van der Waals surface area contributed by atoms with Crippen LogP contribution in [0.5, 0.6) is 0 Å². The maximum atomic E-state index is 4.32. The number of hydrogen-bond donors (Lipinski definition) is 3. The smallest absolute Gasteiger partial charge is 0.191 e. The second-order valence-corrected chi connectivity index (χ2v) is 6.76. The van der Waals surface area contributed by atoms with Crippen molar-refractivity contribution in [2.45, 2.75) is 40.2 Å². The van der Waals surface area contributed by atoms with E-state index in [9.17, 15) is 0 Å². The molecule has 5 nitrogen and oxygen atoms in total. The molecule has 0 aliphatic carbocycles. The quantitative estimate of drug-likeness (QED) is 0.314. The third-order valence-corrected chi connectivity index (χ3v) is 4.66. The zero-order valence-corrected chi connectivity index (χ0v) is 19.1. The Balaban J connectivity index is 0.00000338. The van der Waals surface area contributed by atoms with Crippen molar-refractivity contribution in [3.63, 3.8) is 0 Å². The van der Waals surface area contributed by atoms with Crippen molar-refractivity contribution >= 4 is 40.8 Å². The molecule has 1 aromatic carbocycles. The summed E-state index contributed by atoms with van der Waals surface area (Å²) in [4.78, 5) is 10.1. The van der Waals surface area contributed by atoms with E-state index in [4.69, 9.17) is 0 Å². The van der Waals surface area contributed by atoms with E-state index < -0.39 is 0 Å². The molecule has 146 valence electrons. The van der Waals surface area contributed by atoms with Gasteiger partial charge in [0.25, 0.3) is 0 Å². The van der Waals surface area contributed by atoms with Crippen LogP contribution in [0.25, 0.3) is 10.9 Å². The van der Waals surface area contributed by atoms with Crippen LogP contribution in [0.3, 0.4) is 0 Å². The van der Waals surface area contributed by atoms with Crippen LogP contribution in [0, 0.1) is 6.92 Å². The fourth-order valence-corrected chi connectivity index (χ4v) is 3.14. The fourth-order valence-electron chi connectivity index (χ4n) is 3.14. The molecular weight excluding hydrogens is 437 g/mol. The summed E-state index contributed by atoms with van der Waals surface area (Å²) in [7, 11) is 1.82. The highest BCUT2D eigenvalue weighted by molar-refractivity contribution is 14.0. The molecule has 1 heterocycles. The number of rotatable bonds is 8. The van der Waals surface area contributed by atoms with Gasteiger partial charge in [0.2, 0.25) is 0 Å². The van der Waals surface area contributed by atoms with Gasteiger partial charge in [0.15, 0.2) is 5.96 Å². The average molecular weight is 471 g/mol. The monoisotopic (exact) mass is 471 g/mol. The Morgan fingerprint density at radius 3 is 2.62 bits per heavy atom. The van der Waals surface area contributed by atoms with Gasteiger partial charge < -0.3 is 15.6 Å². The summed E-state index contributed by atoms with van der Waals surface area (Å²) in [5.74, 6) is 0.871. The Morgan fingerprint density at radius 2 is 1.96 bits per heavy atom. The normalized spacial score (nSPS) is 11.9. The van der Waals surface area contributed by atoms with Crippen molar-refractivity contribution in [3.8, 4) is 0 Å². The topological polar surface area (TPSA) is 55.4 Å². The van der Waals surface area contributed by atoms with Gasteiger partial charge in [-0.2, -0.15) is 0 Å². The Kier molecular flexibility index (Phi) is 10.0. The van der Waals surface area contributed by atoms with Crippen molar-refractivity contribution in [2.75, 3.05) is 33.2 Å². The summed E-state index contributed by atoms with van der Waals surface area (Å²) >= 11 is 0. The number of likely N-dealkylation sites (N-methyl/N-ethyl adjacent to an activating group) is 1. The van der Waals surface area contributed by atoms with Gasteiger partial charge in [-0.3, -0.25) is 9.89 Å². The molecule has 0 unspecified atom stereocenters. The molecule has 0 spiro atoms. The van der Waals surface area contributed by atoms with Crippen LogP contribution in [0.15, 0.2) is 29.4 Å². The molecular formula is C20H34IN5. The Bertz CT molecular complexity index is 693. The minimum atomic E-state index is 0. The first kappa shape index (κ1) is 22.8. The minimum absolute atomic E-state index is 0. The number of aryl methyl sites for hydroxylation is 1. The summed E-state index contributed by atoms with van der Waals surface area (Å²) in [6.07, 6.45) is 3.08. The molecule has 0 saturated heterocycles. The first-order valence-electron chi connectivity index (χ1n) is 9.30.